The Morgan fingerprint density at radius 2 is 1.84 bits per heavy atom. The van der Waals surface area contributed by atoms with Crippen LogP contribution in [0.4, 0.5) is 5.82 Å². The number of piperidine rings is 1. The number of anilines is 1. The van der Waals surface area contributed by atoms with Gasteiger partial charge < -0.3 is 19.9 Å². The second kappa shape index (κ2) is 13.8. The Bertz CT molecular complexity index is 682. The van der Waals surface area contributed by atoms with Gasteiger partial charge in [0, 0.05) is 38.9 Å². The fourth-order valence-corrected chi connectivity index (χ4v) is 4.18. The first-order chi connectivity index (χ1) is 14.7. The number of ether oxygens (including phenoxy) is 1. The lowest BCUT2D eigenvalue weighted by Gasteiger charge is -2.33. The van der Waals surface area contributed by atoms with Gasteiger partial charge in [-0.2, -0.15) is 0 Å². The van der Waals surface area contributed by atoms with Crippen molar-refractivity contribution >= 4 is 41.7 Å². The summed E-state index contributed by atoms with van der Waals surface area (Å²) in [6.45, 7) is 9.68. The SMILES string of the molecule is CCNC(=NCc1ccc(N2CCCCCC2)nc1)N1CCC(C(=O)OCC)CC1.I. The number of hydrogen-bond donors (Lipinski definition) is 1. The van der Waals surface area contributed by atoms with Gasteiger partial charge in [0.25, 0.3) is 0 Å². The van der Waals surface area contributed by atoms with Crippen LogP contribution in [0.3, 0.4) is 0 Å². The van der Waals surface area contributed by atoms with Crippen molar-refractivity contribution in [3.63, 3.8) is 0 Å². The summed E-state index contributed by atoms with van der Waals surface area (Å²) in [5.74, 6) is 1.95. The Morgan fingerprint density at radius 1 is 1.13 bits per heavy atom. The van der Waals surface area contributed by atoms with Crippen LogP contribution < -0.4 is 10.2 Å². The van der Waals surface area contributed by atoms with Crippen LogP contribution in [0.25, 0.3) is 0 Å². The number of pyridine rings is 1. The minimum atomic E-state index is -0.0605. The molecule has 2 saturated heterocycles. The van der Waals surface area contributed by atoms with Crippen LogP contribution in [0.15, 0.2) is 23.3 Å². The van der Waals surface area contributed by atoms with Crippen LogP contribution in [0.2, 0.25) is 0 Å². The normalized spacial score (nSPS) is 18.2. The molecule has 1 aromatic heterocycles. The molecule has 1 aromatic rings. The molecule has 0 atom stereocenters. The molecule has 3 rings (SSSR count). The molecular formula is C23H38IN5O2. The lowest BCUT2D eigenvalue weighted by Crippen LogP contribution is -2.46. The smallest absolute Gasteiger partial charge is 0.309 e. The number of hydrogen-bond acceptors (Lipinski definition) is 5. The van der Waals surface area contributed by atoms with Crippen molar-refractivity contribution in [2.75, 3.05) is 44.2 Å². The van der Waals surface area contributed by atoms with Gasteiger partial charge in [-0.15, -0.1) is 24.0 Å². The molecule has 8 heteroatoms. The molecule has 0 bridgehead atoms. The number of nitrogens with one attached hydrogen (secondary N) is 1. The second-order valence-electron chi connectivity index (χ2n) is 8.11. The molecular weight excluding hydrogens is 505 g/mol. The third-order valence-corrected chi connectivity index (χ3v) is 5.90. The molecule has 0 spiro atoms. The third kappa shape index (κ3) is 7.80. The molecule has 0 radical (unpaired) electrons. The third-order valence-electron chi connectivity index (χ3n) is 5.90. The van der Waals surface area contributed by atoms with Gasteiger partial charge in [0.05, 0.1) is 19.1 Å². The highest BCUT2D eigenvalue weighted by Gasteiger charge is 2.27. The highest BCUT2D eigenvalue weighted by Crippen LogP contribution is 2.20. The number of carbonyl (C=O) groups excluding carboxylic acids is 1. The highest BCUT2D eigenvalue weighted by atomic mass is 127. The van der Waals surface area contributed by atoms with Crippen molar-refractivity contribution in [2.45, 2.75) is 58.9 Å². The predicted octanol–water partition coefficient (Wildman–Crippen LogP) is 3.82. The number of carbonyl (C=O) groups is 1. The maximum absolute atomic E-state index is 12.0. The summed E-state index contributed by atoms with van der Waals surface area (Å²) >= 11 is 0. The summed E-state index contributed by atoms with van der Waals surface area (Å²) in [6.07, 6.45) is 8.76. The number of aromatic nitrogens is 1. The summed E-state index contributed by atoms with van der Waals surface area (Å²) in [4.78, 5) is 26.2. The number of esters is 1. The quantitative estimate of drug-likeness (QED) is 0.255. The van der Waals surface area contributed by atoms with E-state index in [1.54, 1.807) is 0 Å². The van der Waals surface area contributed by atoms with Gasteiger partial charge in [0.2, 0.25) is 0 Å². The summed E-state index contributed by atoms with van der Waals surface area (Å²) < 4.78 is 5.18. The van der Waals surface area contributed by atoms with E-state index in [2.05, 4.69) is 34.2 Å². The van der Waals surface area contributed by atoms with Crippen molar-refractivity contribution in [1.82, 2.24) is 15.2 Å². The molecule has 2 aliphatic rings. The molecule has 2 fully saturated rings. The van der Waals surface area contributed by atoms with Crippen molar-refractivity contribution in [2.24, 2.45) is 10.9 Å². The minimum Gasteiger partial charge on any atom is -0.466 e. The van der Waals surface area contributed by atoms with Gasteiger partial charge in [0.1, 0.15) is 5.82 Å². The van der Waals surface area contributed by atoms with Crippen molar-refractivity contribution in [3.05, 3.63) is 23.9 Å². The molecule has 174 valence electrons. The molecule has 3 heterocycles. The second-order valence-corrected chi connectivity index (χ2v) is 8.11. The van der Waals surface area contributed by atoms with Gasteiger partial charge in [-0.05, 0) is 51.2 Å². The van der Waals surface area contributed by atoms with Gasteiger partial charge in [-0.3, -0.25) is 4.79 Å². The molecule has 0 saturated carbocycles. The average molecular weight is 543 g/mol. The molecule has 0 aliphatic carbocycles. The highest BCUT2D eigenvalue weighted by molar-refractivity contribution is 14.0. The van der Waals surface area contributed by atoms with E-state index in [1.165, 1.54) is 25.7 Å². The van der Waals surface area contributed by atoms with Crippen LogP contribution in [0.1, 0.15) is 57.9 Å². The first kappa shape index (κ1) is 25.7. The Hall–Kier alpha value is -1.58. The molecule has 0 aromatic carbocycles. The monoisotopic (exact) mass is 543 g/mol. The van der Waals surface area contributed by atoms with Crippen LogP contribution in [-0.4, -0.2) is 61.1 Å². The fourth-order valence-electron chi connectivity index (χ4n) is 4.18. The number of nitrogens with zero attached hydrogens (tertiary/aromatic N) is 4. The zero-order valence-corrected chi connectivity index (χ0v) is 21.3. The van der Waals surface area contributed by atoms with Crippen molar-refractivity contribution in [3.8, 4) is 0 Å². The van der Waals surface area contributed by atoms with E-state index in [0.29, 0.717) is 13.2 Å². The molecule has 0 unspecified atom stereocenters. The van der Waals surface area contributed by atoms with E-state index in [9.17, 15) is 4.79 Å². The van der Waals surface area contributed by atoms with E-state index in [0.717, 1.165) is 62.9 Å². The lowest BCUT2D eigenvalue weighted by atomic mass is 9.97. The predicted molar refractivity (Wildman–Crippen MR) is 136 cm³/mol. The van der Waals surface area contributed by atoms with E-state index >= 15 is 0 Å². The average Bonchev–Trinajstić information content (AvgIpc) is 3.07. The maximum atomic E-state index is 12.0. The summed E-state index contributed by atoms with van der Waals surface area (Å²) in [7, 11) is 0. The summed E-state index contributed by atoms with van der Waals surface area (Å²) in [5.41, 5.74) is 1.12. The van der Waals surface area contributed by atoms with E-state index in [1.807, 2.05) is 13.1 Å². The molecule has 7 nitrogen and oxygen atoms in total. The lowest BCUT2D eigenvalue weighted by molar-refractivity contribution is -0.149. The van der Waals surface area contributed by atoms with Crippen LogP contribution in [0, 0.1) is 5.92 Å². The number of halogens is 1. The van der Waals surface area contributed by atoms with E-state index in [-0.39, 0.29) is 35.9 Å². The summed E-state index contributed by atoms with van der Waals surface area (Å²) in [5, 5.41) is 3.39. The maximum Gasteiger partial charge on any atom is 0.309 e. The molecule has 2 aliphatic heterocycles. The van der Waals surface area contributed by atoms with Crippen LogP contribution in [-0.2, 0) is 16.1 Å². The standard InChI is InChI=1S/C23H37N5O2.HI/c1-3-24-23(28-15-11-20(12-16-28)22(29)30-4-2)26-18-19-9-10-21(25-17-19)27-13-7-5-6-8-14-27;/h9-10,17,20H,3-8,11-16,18H2,1-2H3,(H,24,26);1H. The van der Waals surface area contributed by atoms with Crippen molar-refractivity contribution in [1.29, 1.82) is 0 Å². The van der Waals surface area contributed by atoms with Crippen molar-refractivity contribution < 1.29 is 9.53 Å². The number of guanidine groups is 1. The topological polar surface area (TPSA) is 70.1 Å². The van der Waals surface area contributed by atoms with Crippen LogP contribution >= 0.6 is 24.0 Å². The van der Waals surface area contributed by atoms with E-state index in [4.69, 9.17) is 14.7 Å². The summed E-state index contributed by atoms with van der Waals surface area (Å²) in [6, 6.07) is 4.28. The van der Waals surface area contributed by atoms with Gasteiger partial charge in [-0.25, -0.2) is 9.98 Å². The first-order valence-corrected chi connectivity index (χ1v) is 11.6. The Balaban J connectivity index is 0.00000341. The minimum absolute atomic E-state index is 0. The fraction of sp³-hybridized carbons (Fsp3) is 0.696. The number of aliphatic imine (C=N–C) groups is 1. The Kier molecular flexibility index (Phi) is 11.4. The van der Waals surface area contributed by atoms with E-state index < -0.39 is 0 Å². The largest absolute Gasteiger partial charge is 0.466 e. The zero-order chi connectivity index (χ0) is 21.2. The molecule has 31 heavy (non-hydrogen) atoms. The van der Waals surface area contributed by atoms with Gasteiger partial charge in [0.15, 0.2) is 5.96 Å². The van der Waals surface area contributed by atoms with Gasteiger partial charge in [-0.1, -0.05) is 18.9 Å². The molecule has 0 amide bonds. The van der Waals surface area contributed by atoms with Crippen LogP contribution in [0.5, 0.6) is 0 Å². The number of likely N-dealkylation sites (tertiary alicyclic amines) is 1. The zero-order valence-electron chi connectivity index (χ0n) is 19.0. The number of rotatable bonds is 6. The first-order valence-electron chi connectivity index (χ1n) is 11.6. The Morgan fingerprint density at radius 3 is 2.42 bits per heavy atom. The Labute approximate surface area is 204 Å². The van der Waals surface area contributed by atoms with Gasteiger partial charge >= 0.3 is 5.97 Å². The molecule has 1 N–H and O–H groups in total.